The van der Waals surface area contributed by atoms with Crippen LogP contribution < -0.4 is 10.2 Å². The molecule has 1 saturated carbocycles. The van der Waals surface area contributed by atoms with Gasteiger partial charge in [0.2, 0.25) is 0 Å². The van der Waals surface area contributed by atoms with E-state index >= 15 is 0 Å². The summed E-state index contributed by atoms with van der Waals surface area (Å²) in [7, 11) is -3.52. The molecule has 0 aromatic carbocycles. The average molecular weight is 331 g/mol. The summed E-state index contributed by atoms with van der Waals surface area (Å²) in [4.78, 5) is 13.6. The van der Waals surface area contributed by atoms with Gasteiger partial charge in [-0.3, -0.25) is 4.79 Å². The highest BCUT2D eigenvalue weighted by Gasteiger charge is 2.32. The predicted octanol–water partition coefficient (Wildman–Crippen LogP) is 0.898. The van der Waals surface area contributed by atoms with E-state index in [1.54, 1.807) is 6.92 Å². The third-order valence-electron chi connectivity index (χ3n) is 4.20. The summed E-state index contributed by atoms with van der Waals surface area (Å²) >= 11 is 0.782. The van der Waals surface area contributed by atoms with E-state index in [4.69, 9.17) is 0 Å². The van der Waals surface area contributed by atoms with Crippen LogP contribution in [-0.4, -0.2) is 43.4 Å². The number of aromatic amines is 1. The van der Waals surface area contributed by atoms with Crippen LogP contribution in [0.3, 0.4) is 0 Å². The zero-order valence-corrected chi connectivity index (χ0v) is 13.7. The SMILES string of the molecule is Cc1[nH]c(=O)sc1S(=O)(=O)N1CCC(NCC2CC2)CC1. The van der Waals surface area contributed by atoms with Gasteiger partial charge in [0, 0.05) is 24.8 Å². The van der Waals surface area contributed by atoms with Gasteiger partial charge in [0.15, 0.2) is 4.21 Å². The molecule has 2 aliphatic rings. The molecule has 2 fully saturated rings. The number of nitrogens with zero attached hydrogens (tertiary/aromatic N) is 1. The maximum absolute atomic E-state index is 12.6. The fourth-order valence-corrected chi connectivity index (χ4v) is 5.61. The molecular weight excluding hydrogens is 310 g/mol. The standard InChI is InChI=1S/C13H21N3O3S2/c1-9-12(20-13(17)15-9)21(18,19)16-6-4-11(5-7-16)14-8-10-2-3-10/h10-11,14H,2-8H2,1H3,(H,15,17). The Bertz CT molecular complexity index is 652. The zero-order chi connectivity index (χ0) is 15.0. The highest BCUT2D eigenvalue weighted by Crippen LogP contribution is 2.28. The van der Waals surface area contributed by atoms with Crippen molar-refractivity contribution in [3.05, 3.63) is 15.4 Å². The minimum absolute atomic E-state index is 0.164. The van der Waals surface area contributed by atoms with Gasteiger partial charge in [-0.05, 0) is 45.1 Å². The third-order valence-corrected chi connectivity index (χ3v) is 7.68. The first-order valence-corrected chi connectivity index (χ1v) is 9.65. The first-order valence-electron chi connectivity index (χ1n) is 7.40. The molecule has 1 aliphatic heterocycles. The van der Waals surface area contributed by atoms with Crippen molar-refractivity contribution in [1.29, 1.82) is 0 Å². The van der Waals surface area contributed by atoms with E-state index in [0.717, 1.165) is 36.6 Å². The zero-order valence-electron chi connectivity index (χ0n) is 12.1. The molecule has 118 valence electrons. The molecule has 2 heterocycles. The van der Waals surface area contributed by atoms with Crippen LogP contribution in [0.2, 0.25) is 0 Å². The van der Waals surface area contributed by atoms with E-state index in [0.29, 0.717) is 24.8 Å². The van der Waals surface area contributed by atoms with Gasteiger partial charge in [-0.25, -0.2) is 8.42 Å². The Morgan fingerprint density at radius 1 is 1.29 bits per heavy atom. The van der Waals surface area contributed by atoms with Crippen molar-refractivity contribution in [2.24, 2.45) is 5.92 Å². The van der Waals surface area contributed by atoms with Gasteiger partial charge in [0.1, 0.15) is 0 Å². The van der Waals surface area contributed by atoms with Gasteiger partial charge >= 0.3 is 4.87 Å². The summed E-state index contributed by atoms with van der Waals surface area (Å²) in [6.07, 6.45) is 4.33. The number of rotatable bonds is 5. The number of nitrogens with one attached hydrogen (secondary N) is 2. The fourth-order valence-electron chi connectivity index (χ4n) is 2.71. The van der Waals surface area contributed by atoms with Gasteiger partial charge < -0.3 is 10.3 Å². The number of aromatic nitrogens is 1. The maximum Gasteiger partial charge on any atom is 0.305 e. The number of H-pyrrole nitrogens is 1. The Morgan fingerprint density at radius 3 is 2.48 bits per heavy atom. The van der Waals surface area contributed by atoms with E-state index < -0.39 is 10.0 Å². The van der Waals surface area contributed by atoms with Gasteiger partial charge in [-0.15, -0.1) is 0 Å². The molecule has 3 rings (SSSR count). The van der Waals surface area contributed by atoms with E-state index in [-0.39, 0.29) is 9.08 Å². The van der Waals surface area contributed by atoms with Crippen molar-refractivity contribution in [2.45, 2.75) is 42.9 Å². The lowest BCUT2D eigenvalue weighted by Gasteiger charge is -2.31. The molecule has 1 aromatic rings. The minimum atomic E-state index is -3.52. The molecule has 0 bridgehead atoms. The second kappa shape index (κ2) is 5.83. The van der Waals surface area contributed by atoms with Crippen LogP contribution in [0.5, 0.6) is 0 Å². The maximum atomic E-state index is 12.6. The smallest absolute Gasteiger partial charge is 0.305 e. The molecule has 0 spiro atoms. The summed E-state index contributed by atoms with van der Waals surface area (Å²) < 4.78 is 26.8. The van der Waals surface area contributed by atoms with Crippen LogP contribution in [0.15, 0.2) is 9.00 Å². The number of hydrogen-bond acceptors (Lipinski definition) is 5. The summed E-state index contributed by atoms with van der Waals surface area (Å²) in [5.74, 6) is 0.839. The van der Waals surface area contributed by atoms with Crippen molar-refractivity contribution in [2.75, 3.05) is 19.6 Å². The molecule has 8 heteroatoms. The van der Waals surface area contributed by atoms with E-state index in [9.17, 15) is 13.2 Å². The molecule has 0 amide bonds. The number of aryl methyl sites for hydroxylation is 1. The van der Waals surface area contributed by atoms with Gasteiger partial charge in [-0.2, -0.15) is 4.31 Å². The average Bonchev–Trinajstić information content (AvgIpc) is 3.21. The largest absolute Gasteiger partial charge is 0.315 e. The highest BCUT2D eigenvalue weighted by atomic mass is 32.2. The molecule has 2 N–H and O–H groups in total. The van der Waals surface area contributed by atoms with Crippen molar-refractivity contribution < 1.29 is 8.42 Å². The monoisotopic (exact) mass is 331 g/mol. The van der Waals surface area contributed by atoms with Crippen LogP contribution in [0.25, 0.3) is 0 Å². The summed E-state index contributed by atoms with van der Waals surface area (Å²) in [5.41, 5.74) is 0.444. The van der Waals surface area contributed by atoms with Crippen LogP contribution in [0.1, 0.15) is 31.4 Å². The van der Waals surface area contributed by atoms with Crippen molar-refractivity contribution in [3.8, 4) is 0 Å². The Labute approximate surface area is 128 Å². The Kier molecular flexibility index (Phi) is 4.22. The van der Waals surface area contributed by atoms with Crippen LogP contribution >= 0.6 is 11.3 Å². The molecule has 1 aromatic heterocycles. The quantitative estimate of drug-likeness (QED) is 0.840. The second-order valence-electron chi connectivity index (χ2n) is 5.96. The highest BCUT2D eigenvalue weighted by molar-refractivity contribution is 7.91. The Balaban J connectivity index is 1.62. The molecule has 1 saturated heterocycles. The van der Waals surface area contributed by atoms with Gasteiger partial charge in [0.05, 0.1) is 0 Å². The van der Waals surface area contributed by atoms with Crippen molar-refractivity contribution >= 4 is 21.4 Å². The lowest BCUT2D eigenvalue weighted by Crippen LogP contribution is -2.45. The normalized spacial score (nSPS) is 21.8. The first kappa shape index (κ1) is 15.2. The summed E-state index contributed by atoms with van der Waals surface area (Å²) in [6.45, 7) is 3.75. The topological polar surface area (TPSA) is 82.3 Å². The van der Waals surface area contributed by atoms with Crippen molar-refractivity contribution in [3.63, 3.8) is 0 Å². The third kappa shape index (κ3) is 3.39. The number of sulfonamides is 1. The lowest BCUT2D eigenvalue weighted by molar-refractivity contribution is 0.288. The van der Waals surface area contributed by atoms with Crippen LogP contribution in [0.4, 0.5) is 0 Å². The fraction of sp³-hybridized carbons (Fsp3) is 0.769. The molecule has 21 heavy (non-hydrogen) atoms. The van der Waals surface area contributed by atoms with Gasteiger partial charge in [-0.1, -0.05) is 11.3 Å². The predicted molar refractivity (Wildman–Crippen MR) is 82.2 cm³/mol. The molecule has 0 unspecified atom stereocenters. The van der Waals surface area contributed by atoms with E-state index in [1.165, 1.54) is 17.1 Å². The summed E-state index contributed by atoms with van der Waals surface area (Å²) in [6, 6.07) is 0.420. The number of hydrogen-bond donors (Lipinski definition) is 2. The van der Waals surface area contributed by atoms with E-state index in [1.807, 2.05) is 0 Å². The molecule has 0 radical (unpaired) electrons. The Hall–Kier alpha value is -0.700. The summed E-state index contributed by atoms with van der Waals surface area (Å²) in [5, 5.41) is 3.54. The Morgan fingerprint density at radius 2 is 1.95 bits per heavy atom. The molecule has 6 nitrogen and oxygen atoms in total. The molecule has 0 atom stereocenters. The van der Waals surface area contributed by atoms with E-state index in [2.05, 4.69) is 10.3 Å². The first-order chi connectivity index (χ1) is 9.96. The lowest BCUT2D eigenvalue weighted by atomic mass is 10.1. The minimum Gasteiger partial charge on any atom is -0.315 e. The van der Waals surface area contributed by atoms with Crippen LogP contribution in [-0.2, 0) is 10.0 Å². The van der Waals surface area contributed by atoms with Crippen molar-refractivity contribution in [1.82, 2.24) is 14.6 Å². The number of thiazole rings is 1. The number of piperidine rings is 1. The van der Waals surface area contributed by atoms with Gasteiger partial charge in [0.25, 0.3) is 10.0 Å². The second-order valence-corrected chi connectivity index (χ2v) is 9.07. The van der Waals surface area contributed by atoms with Crippen LogP contribution in [0, 0.1) is 12.8 Å². The molecule has 1 aliphatic carbocycles. The molecular formula is C13H21N3O3S2.